The molecule has 48 valence electrons. The van der Waals surface area contributed by atoms with Crippen LogP contribution in [0.2, 0.25) is 0 Å². The zero-order valence-corrected chi connectivity index (χ0v) is 9.38. The smallest absolute Gasteiger partial charge is 0.853 e. The summed E-state index contributed by atoms with van der Waals surface area (Å²) in [5.41, 5.74) is 0. The third kappa shape index (κ3) is 2.97. The molecule has 1 rings (SSSR count). The number of nitrogens with zero attached hydrogens (tertiary/aromatic N) is 1. The van der Waals surface area contributed by atoms with Crippen LogP contribution in [0.15, 0.2) is 0 Å². The van der Waals surface area contributed by atoms with Gasteiger partial charge >= 0.3 is 51.4 Å². The molecular weight excluding hydrogens is 141 g/mol. The molecule has 0 aliphatic carbocycles. The Morgan fingerprint density at radius 3 is 2.56 bits per heavy atom. The molecule has 0 N–H and O–H groups in total. The van der Waals surface area contributed by atoms with Crippen molar-refractivity contribution in [2.24, 2.45) is 0 Å². The maximum absolute atomic E-state index is 10.3. The van der Waals surface area contributed by atoms with Crippen LogP contribution in [0, 0.1) is 0 Å². The molecule has 0 aromatic rings. The minimum absolute atomic E-state index is 0. The van der Waals surface area contributed by atoms with E-state index in [1.54, 1.807) is 0 Å². The number of hydrogen-bond acceptors (Lipinski definition) is 2. The predicted octanol–water partition coefficient (Wildman–Crippen LogP) is -3.56. The van der Waals surface area contributed by atoms with Gasteiger partial charge in [0.1, 0.15) is 0 Å². The van der Waals surface area contributed by atoms with E-state index in [1.807, 2.05) is 7.05 Å². The molecule has 3 heteroatoms. The Labute approximate surface area is 99.0 Å². The number of likely N-dealkylation sites (tertiary alicyclic amines) is 1. The van der Waals surface area contributed by atoms with Crippen LogP contribution in [-0.4, -0.2) is 31.1 Å². The van der Waals surface area contributed by atoms with Crippen molar-refractivity contribution in [3.8, 4) is 0 Å². The van der Waals surface area contributed by atoms with Gasteiger partial charge in [-0.2, -0.15) is 0 Å². The van der Waals surface area contributed by atoms with Crippen LogP contribution >= 0.6 is 0 Å². The van der Waals surface area contributed by atoms with Crippen LogP contribution < -0.4 is 56.5 Å². The Kier molecular flexibility index (Phi) is 6.14. The molecule has 1 fully saturated rings. The molecule has 0 aromatic heterocycles. The quantitative estimate of drug-likeness (QED) is 0.365. The van der Waals surface area contributed by atoms with Gasteiger partial charge in [-0.05, 0) is 32.5 Å². The summed E-state index contributed by atoms with van der Waals surface area (Å²) in [6.45, 7) is 1.20. The summed E-state index contributed by atoms with van der Waals surface area (Å²) in [4.78, 5) is 2.15. The minimum Gasteiger partial charge on any atom is -0.853 e. The molecule has 0 spiro atoms. The summed E-state index contributed by atoms with van der Waals surface area (Å²) in [6, 6.07) is 0.343. The van der Waals surface area contributed by atoms with Gasteiger partial charge in [0.05, 0.1) is 0 Å². The van der Waals surface area contributed by atoms with Crippen molar-refractivity contribution in [1.82, 2.24) is 4.90 Å². The molecule has 1 aliphatic rings. The fraction of sp³-hybridized carbons (Fsp3) is 1.00. The molecule has 0 saturated carbocycles. The molecular formula is C6H12KNO. The standard InChI is InChI=1S/C6H12NO.K/c1-7-4-2-3-6(7)5-8;/h6H,2-5H2,1H3;/q-1;+1. The Bertz CT molecular complexity index is 79.5. The molecule has 1 saturated heterocycles. The van der Waals surface area contributed by atoms with Gasteiger partial charge in [-0.15, -0.1) is 6.61 Å². The maximum Gasteiger partial charge on any atom is 1.00 e. The Morgan fingerprint density at radius 1 is 1.67 bits per heavy atom. The first-order valence-corrected chi connectivity index (χ1v) is 3.13. The zero-order chi connectivity index (χ0) is 5.98. The second-order valence-corrected chi connectivity index (χ2v) is 2.44. The van der Waals surface area contributed by atoms with Crippen LogP contribution in [0.1, 0.15) is 12.8 Å². The summed E-state index contributed by atoms with van der Waals surface area (Å²) < 4.78 is 0. The van der Waals surface area contributed by atoms with Crippen LogP contribution in [0.3, 0.4) is 0 Å². The molecule has 1 unspecified atom stereocenters. The van der Waals surface area contributed by atoms with E-state index in [0.29, 0.717) is 6.04 Å². The van der Waals surface area contributed by atoms with Crippen molar-refractivity contribution < 1.29 is 56.5 Å². The van der Waals surface area contributed by atoms with Gasteiger partial charge in [-0.3, -0.25) is 0 Å². The third-order valence-electron chi connectivity index (χ3n) is 1.86. The van der Waals surface area contributed by atoms with Crippen LogP contribution in [0.5, 0.6) is 0 Å². The molecule has 1 heterocycles. The van der Waals surface area contributed by atoms with Crippen LogP contribution in [0.25, 0.3) is 0 Å². The zero-order valence-electron chi connectivity index (χ0n) is 6.26. The van der Waals surface area contributed by atoms with E-state index in [4.69, 9.17) is 0 Å². The molecule has 0 aromatic carbocycles. The van der Waals surface area contributed by atoms with E-state index < -0.39 is 0 Å². The fourth-order valence-corrected chi connectivity index (χ4v) is 1.19. The fourth-order valence-electron chi connectivity index (χ4n) is 1.19. The van der Waals surface area contributed by atoms with Gasteiger partial charge in [0.25, 0.3) is 0 Å². The van der Waals surface area contributed by atoms with E-state index in [-0.39, 0.29) is 58.0 Å². The normalized spacial score (nSPS) is 28.0. The second kappa shape index (κ2) is 5.24. The second-order valence-electron chi connectivity index (χ2n) is 2.44. The first-order valence-electron chi connectivity index (χ1n) is 3.13. The average molecular weight is 153 g/mol. The molecule has 0 amide bonds. The Hall–Kier alpha value is 1.56. The largest absolute Gasteiger partial charge is 1.00 e. The number of likely N-dealkylation sites (N-methyl/N-ethyl adjacent to an activating group) is 1. The molecule has 0 bridgehead atoms. The minimum atomic E-state index is 0. The van der Waals surface area contributed by atoms with Crippen molar-refractivity contribution in [3.63, 3.8) is 0 Å². The Morgan fingerprint density at radius 2 is 2.33 bits per heavy atom. The molecule has 0 radical (unpaired) electrons. The van der Waals surface area contributed by atoms with Gasteiger partial charge in [0, 0.05) is 0 Å². The molecule has 1 aliphatic heterocycles. The number of rotatable bonds is 1. The van der Waals surface area contributed by atoms with Crippen molar-refractivity contribution in [1.29, 1.82) is 0 Å². The maximum atomic E-state index is 10.3. The Balaban J connectivity index is 0.000000640. The SMILES string of the molecule is CN1CCCC1C[O-].[K+]. The van der Waals surface area contributed by atoms with Crippen molar-refractivity contribution in [2.45, 2.75) is 18.9 Å². The summed E-state index contributed by atoms with van der Waals surface area (Å²) in [5, 5.41) is 10.3. The van der Waals surface area contributed by atoms with E-state index in [2.05, 4.69) is 4.90 Å². The van der Waals surface area contributed by atoms with Crippen molar-refractivity contribution in [3.05, 3.63) is 0 Å². The van der Waals surface area contributed by atoms with E-state index in [1.165, 1.54) is 6.42 Å². The monoisotopic (exact) mass is 153 g/mol. The topological polar surface area (TPSA) is 26.3 Å². The van der Waals surface area contributed by atoms with Crippen molar-refractivity contribution >= 4 is 0 Å². The summed E-state index contributed by atoms with van der Waals surface area (Å²) in [6.07, 6.45) is 2.32. The van der Waals surface area contributed by atoms with E-state index in [9.17, 15) is 5.11 Å². The summed E-state index contributed by atoms with van der Waals surface area (Å²) in [5.74, 6) is 0. The summed E-state index contributed by atoms with van der Waals surface area (Å²) in [7, 11) is 2.02. The van der Waals surface area contributed by atoms with Crippen molar-refractivity contribution in [2.75, 3.05) is 20.2 Å². The first kappa shape index (κ1) is 10.6. The van der Waals surface area contributed by atoms with E-state index in [0.717, 1.165) is 13.0 Å². The summed E-state index contributed by atoms with van der Waals surface area (Å²) >= 11 is 0. The van der Waals surface area contributed by atoms with Gasteiger partial charge in [0.2, 0.25) is 0 Å². The van der Waals surface area contributed by atoms with Gasteiger partial charge in [-0.1, -0.05) is 0 Å². The van der Waals surface area contributed by atoms with Crippen LogP contribution in [-0.2, 0) is 0 Å². The third-order valence-corrected chi connectivity index (χ3v) is 1.86. The molecule has 9 heavy (non-hydrogen) atoms. The average Bonchev–Trinajstić information content (AvgIpc) is 2.14. The predicted molar refractivity (Wildman–Crippen MR) is 30.5 cm³/mol. The van der Waals surface area contributed by atoms with Gasteiger partial charge in [-0.25, -0.2) is 0 Å². The van der Waals surface area contributed by atoms with Crippen LogP contribution in [0.4, 0.5) is 0 Å². The van der Waals surface area contributed by atoms with Gasteiger partial charge in [0.15, 0.2) is 0 Å². The molecule has 1 atom stereocenters. The number of hydrogen-bond donors (Lipinski definition) is 0. The molecule has 2 nitrogen and oxygen atoms in total. The van der Waals surface area contributed by atoms with Gasteiger partial charge < -0.3 is 10.0 Å². The van der Waals surface area contributed by atoms with E-state index >= 15 is 0 Å². The first-order chi connectivity index (χ1) is 3.84.